The molecular weight excluding hydrogens is 262 g/mol. The summed E-state index contributed by atoms with van der Waals surface area (Å²) < 4.78 is 0. The molecule has 1 aromatic rings. The van der Waals surface area contributed by atoms with Gasteiger partial charge in [0.15, 0.2) is 5.96 Å². The maximum atomic E-state index is 9.67. The smallest absolute Gasteiger partial charge is 0.194 e. The Bertz CT molecular complexity index is 488. The maximum Gasteiger partial charge on any atom is 0.194 e. The monoisotopic (exact) mass is 287 g/mol. The van der Waals surface area contributed by atoms with Crippen molar-refractivity contribution in [1.82, 2.24) is 10.2 Å². The molecule has 1 aromatic carbocycles. The molecule has 1 aliphatic heterocycles. The van der Waals surface area contributed by atoms with Gasteiger partial charge in [0.2, 0.25) is 0 Å². The standard InChI is InChI=1S/C17H25N3O/c1-2-18-17(20-9-8-15(21)12-20)19-11-14-10-16(14)13-6-4-3-5-7-13/h3-7,14-16,21H,2,8-12H2,1H3,(H,18,19)/t14?,15-,16?/m1/s1. The quantitative estimate of drug-likeness (QED) is 0.656. The molecule has 3 atom stereocenters. The zero-order valence-corrected chi connectivity index (χ0v) is 12.7. The highest BCUT2D eigenvalue weighted by Crippen LogP contribution is 2.47. The molecule has 2 unspecified atom stereocenters. The SMILES string of the molecule is CCNC(=NCC1CC1c1ccccc1)N1CC[C@@H](O)C1. The first-order chi connectivity index (χ1) is 10.3. The lowest BCUT2D eigenvalue weighted by Gasteiger charge is -2.20. The van der Waals surface area contributed by atoms with Crippen LogP contribution in [0.4, 0.5) is 0 Å². The highest BCUT2D eigenvalue weighted by atomic mass is 16.3. The highest BCUT2D eigenvalue weighted by Gasteiger charge is 2.38. The van der Waals surface area contributed by atoms with Crippen molar-refractivity contribution in [2.24, 2.45) is 10.9 Å². The minimum absolute atomic E-state index is 0.202. The van der Waals surface area contributed by atoms with Gasteiger partial charge in [0.05, 0.1) is 6.10 Å². The van der Waals surface area contributed by atoms with Crippen molar-refractivity contribution < 1.29 is 5.11 Å². The van der Waals surface area contributed by atoms with Gasteiger partial charge in [-0.2, -0.15) is 0 Å². The zero-order chi connectivity index (χ0) is 14.7. The molecule has 2 aliphatic rings. The average molecular weight is 287 g/mol. The Balaban J connectivity index is 1.56. The lowest BCUT2D eigenvalue weighted by atomic mass is 10.1. The number of β-amino-alcohol motifs (C(OH)–C–C–N with tert-alkyl or cyclic N) is 1. The van der Waals surface area contributed by atoms with Gasteiger partial charge in [0.1, 0.15) is 0 Å². The fourth-order valence-corrected chi connectivity index (χ4v) is 3.12. The summed E-state index contributed by atoms with van der Waals surface area (Å²) >= 11 is 0. The van der Waals surface area contributed by atoms with Crippen LogP contribution < -0.4 is 5.32 Å². The molecule has 2 fully saturated rings. The van der Waals surface area contributed by atoms with E-state index in [0.29, 0.717) is 18.4 Å². The molecule has 1 saturated carbocycles. The molecule has 4 nitrogen and oxygen atoms in total. The molecular formula is C17H25N3O. The third-order valence-corrected chi connectivity index (χ3v) is 4.42. The molecule has 0 spiro atoms. The summed E-state index contributed by atoms with van der Waals surface area (Å²) in [6.45, 7) is 5.46. The van der Waals surface area contributed by atoms with Crippen LogP contribution in [0.25, 0.3) is 0 Å². The number of aliphatic imine (C=N–C) groups is 1. The predicted molar refractivity (Wildman–Crippen MR) is 85.5 cm³/mol. The summed E-state index contributed by atoms with van der Waals surface area (Å²) in [5.74, 6) is 2.32. The molecule has 114 valence electrons. The average Bonchev–Trinajstić information content (AvgIpc) is 3.17. The second kappa shape index (κ2) is 6.48. The number of benzene rings is 1. The van der Waals surface area contributed by atoms with Gasteiger partial charge in [-0.05, 0) is 37.2 Å². The summed E-state index contributed by atoms with van der Waals surface area (Å²) in [4.78, 5) is 6.96. The first-order valence-corrected chi connectivity index (χ1v) is 8.04. The number of aliphatic hydroxyl groups is 1. The van der Waals surface area contributed by atoms with Gasteiger partial charge >= 0.3 is 0 Å². The number of hydrogen-bond acceptors (Lipinski definition) is 2. The Morgan fingerprint density at radius 3 is 2.86 bits per heavy atom. The van der Waals surface area contributed by atoms with Crippen LogP contribution in [0, 0.1) is 5.92 Å². The first kappa shape index (κ1) is 14.4. The summed E-state index contributed by atoms with van der Waals surface area (Å²) in [5, 5.41) is 13.0. The Morgan fingerprint density at radius 2 is 2.19 bits per heavy atom. The summed E-state index contributed by atoms with van der Waals surface area (Å²) in [6.07, 6.45) is 1.89. The summed E-state index contributed by atoms with van der Waals surface area (Å²) in [5.41, 5.74) is 1.44. The lowest BCUT2D eigenvalue weighted by molar-refractivity contribution is 0.188. The predicted octanol–water partition coefficient (Wildman–Crippen LogP) is 1.82. The van der Waals surface area contributed by atoms with E-state index in [1.807, 2.05) is 0 Å². The second-order valence-electron chi connectivity index (χ2n) is 6.10. The van der Waals surface area contributed by atoms with Crippen LogP contribution in [-0.2, 0) is 0 Å². The van der Waals surface area contributed by atoms with E-state index < -0.39 is 0 Å². The van der Waals surface area contributed by atoms with Gasteiger partial charge < -0.3 is 15.3 Å². The van der Waals surface area contributed by atoms with Gasteiger partial charge in [0.25, 0.3) is 0 Å². The highest BCUT2D eigenvalue weighted by molar-refractivity contribution is 5.80. The number of hydrogen-bond donors (Lipinski definition) is 2. The Kier molecular flexibility index (Phi) is 4.44. The van der Waals surface area contributed by atoms with Gasteiger partial charge in [-0.3, -0.25) is 4.99 Å². The van der Waals surface area contributed by atoms with E-state index in [4.69, 9.17) is 4.99 Å². The van der Waals surface area contributed by atoms with E-state index in [-0.39, 0.29) is 6.10 Å². The van der Waals surface area contributed by atoms with Gasteiger partial charge in [0, 0.05) is 26.2 Å². The van der Waals surface area contributed by atoms with E-state index >= 15 is 0 Å². The number of likely N-dealkylation sites (tertiary alicyclic amines) is 1. The van der Waals surface area contributed by atoms with Crippen molar-refractivity contribution in [1.29, 1.82) is 0 Å². The Hall–Kier alpha value is -1.55. The van der Waals surface area contributed by atoms with Crippen LogP contribution in [-0.4, -0.2) is 48.2 Å². The molecule has 1 saturated heterocycles. The van der Waals surface area contributed by atoms with Crippen LogP contribution in [0.2, 0.25) is 0 Å². The maximum absolute atomic E-state index is 9.67. The minimum atomic E-state index is -0.202. The molecule has 0 amide bonds. The van der Waals surface area contributed by atoms with E-state index in [1.165, 1.54) is 12.0 Å². The molecule has 1 heterocycles. The van der Waals surface area contributed by atoms with Crippen LogP contribution in [0.5, 0.6) is 0 Å². The third-order valence-electron chi connectivity index (χ3n) is 4.42. The van der Waals surface area contributed by atoms with Crippen molar-refractivity contribution in [3.63, 3.8) is 0 Å². The molecule has 21 heavy (non-hydrogen) atoms. The number of guanidine groups is 1. The van der Waals surface area contributed by atoms with E-state index in [1.54, 1.807) is 0 Å². The van der Waals surface area contributed by atoms with E-state index in [9.17, 15) is 5.11 Å². The molecule has 1 aliphatic carbocycles. The zero-order valence-electron chi connectivity index (χ0n) is 12.7. The van der Waals surface area contributed by atoms with E-state index in [0.717, 1.165) is 32.0 Å². The fourth-order valence-electron chi connectivity index (χ4n) is 3.12. The largest absolute Gasteiger partial charge is 0.391 e. The summed E-state index contributed by atoms with van der Waals surface area (Å²) in [6, 6.07) is 10.7. The van der Waals surface area contributed by atoms with Crippen molar-refractivity contribution in [2.75, 3.05) is 26.2 Å². The molecule has 2 N–H and O–H groups in total. The first-order valence-electron chi connectivity index (χ1n) is 8.04. The molecule has 0 aromatic heterocycles. The van der Waals surface area contributed by atoms with Gasteiger partial charge in [-0.25, -0.2) is 0 Å². The van der Waals surface area contributed by atoms with Crippen molar-refractivity contribution in [3.05, 3.63) is 35.9 Å². The minimum Gasteiger partial charge on any atom is -0.391 e. The van der Waals surface area contributed by atoms with Crippen molar-refractivity contribution >= 4 is 5.96 Å². The summed E-state index contributed by atoms with van der Waals surface area (Å²) in [7, 11) is 0. The Morgan fingerprint density at radius 1 is 1.38 bits per heavy atom. The van der Waals surface area contributed by atoms with Gasteiger partial charge in [-0.15, -0.1) is 0 Å². The molecule has 3 rings (SSSR count). The number of nitrogens with zero attached hydrogens (tertiary/aromatic N) is 2. The number of aliphatic hydroxyl groups excluding tert-OH is 1. The molecule has 0 bridgehead atoms. The number of nitrogens with one attached hydrogen (secondary N) is 1. The third kappa shape index (κ3) is 3.56. The molecule has 0 radical (unpaired) electrons. The van der Waals surface area contributed by atoms with Crippen molar-refractivity contribution in [2.45, 2.75) is 31.8 Å². The van der Waals surface area contributed by atoms with Crippen LogP contribution in [0.3, 0.4) is 0 Å². The molecule has 4 heteroatoms. The van der Waals surface area contributed by atoms with Gasteiger partial charge in [-0.1, -0.05) is 30.3 Å². The lowest BCUT2D eigenvalue weighted by Crippen LogP contribution is -2.40. The normalized spacial score (nSPS) is 28.8. The van der Waals surface area contributed by atoms with Crippen molar-refractivity contribution in [3.8, 4) is 0 Å². The Labute approximate surface area is 126 Å². The van der Waals surface area contributed by atoms with E-state index in [2.05, 4.69) is 47.5 Å². The van der Waals surface area contributed by atoms with Crippen LogP contribution in [0.15, 0.2) is 35.3 Å². The second-order valence-corrected chi connectivity index (χ2v) is 6.10. The number of rotatable bonds is 4. The van der Waals surface area contributed by atoms with Crippen LogP contribution in [0.1, 0.15) is 31.2 Å². The topological polar surface area (TPSA) is 47.9 Å². The fraction of sp³-hybridized carbons (Fsp3) is 0.588. The van der Waals surface area contributed by atoms with Crippen LogP contribution >= 0.6 is 0 Å².